The van der Waals surface area contributed by atoms with Crippen molar-refractivity contribution < 1.29 is 9.94 Å². The van der Waals surface area contributed by atoms with Gasteiger partial charge in [-0.25, -0.2) is 0 Å². The van der Waals surface area contributed by atoms with Crippen LogP contribution in [0.2, 0.25) is 10.0 Å². The molecule has 2 rings (SSSR count). The van der Waals surface area contributed by atoms with E-state index < -0.39 is 0 Å². The fourth-order valence-electron chi connectivity index (χ4n) is 1.66. The van der Waals surface area contributed by atoms with E-state index in [0.29, 0.717) is 27.1 Å². The molecule has 0 saturated heterocycles. The molecule has 20 heavy (non-hydrogen) atoms. The standard InChI is InChI=1S/C14H12Cl2N2O2/c1-8-2-5-12(10(6-8)14(17)18-19)20-13-7-9(15)3-4-11(13)16/h2-7,19H,1H3,(H2,17,18). The summed E-state index contributed by atoms with van der Waals surface area (Å²) < 4.78 is 5.71. The number of nitrogens with two attached hydrogens (primary N) is 1. The highest BCUT2D eigenvalue weighted by molar-refractivity contribution is 6.34. The molecule has 104 valence electrons. The number of halogens is 2. The van der Waals surface area contributed by atoms with Gasteiger partial charge in [-0.05, 0) is 31.2 Å². The van der Waals surface area contributed by atoms with Crippen molar-refractivity contribution in [3.05, 3.63) is 57.6 Å². The second-order valence-electron chi connectivity index (χ2n) is 4.16. The van der Waals surface area contributed by atoms with Crippen LogP contribution in [0.1, 0.15) is 11.1 Å². The smallest absolute Gasteiger partial charge is 0.173 e. The van der Waals surface area contributed by atoms with Gasteiger partial charge in [0.05, 0.1) is 10.6 Å². The zero-order valence-electron chi connectivity index (χ0n) is 10.6. The monoisotopic (exact) mass is 310 g/mol. The molecule has 0 aliphatic heterocycles. The average molecular weight is 311 g/mol. The minimum absolute atomic E-state index is 0.0400. The number of rotatable bonds is 3. The summed E-state index contributed by atoms with van der Waals surface area (Å²) in [6, 6.07) is 10.2. The number of hydrogen-bond donors (Lipinski definition) is 2. The third-order valence-corrected chi connectivity index (χ3v) is 3.18. The predicted octanol–water partition coefficient (Wildman–Crippen LogP) is 4.19. The van der Waals surface area contributed by atoms with Gasteiger partial charge < -0.3 is 15.7 Å². The minimum atomic E-state index is -0.0400. The topological polar surface area (TPSA) is 67.8 Å². The van der Waals surface area contributed by atoms with Crippen molar-refractivity contribution >= 4 is 29.0 Å². The summed E-state index contributed by atoms with van der Waals surface area (Å²) >= 11 is 12.0. The molecule has 2 aromatic carbocycles. The van der Waals surface area contributed by atoms with Crippen LogP contribution in [0.25, 0.3) is 0 Å². The highest BCUT2D eigenvalue weighted by atomic mass is 35.5. The molecule has 0 atom stereocenters. The van der Waals surface area contributed by atoms with Crippen molar-refractivity contribution in [1.29, 1.82) is 0 Å². The van der Waals surface area contributed by atoms with Gasteiger partial charge in [0, 0.05) is 11.1 Å². The Hall–Kier alpha value is -1.91. The van der Waals surface area contributed by atoms with Crippen LogP contribution in [-0.2, 0) is 0 Å². The second kappa shape index (κ2) is 6.03. The zero-order valence-corrected chi connectivity index (χ0v) is 12.1. The van der Waals surface area contributed by atoms with E-state index >= 15 is 0 Å². The first-order chi connectivity index (χ1) is 9.51. The molecule has 4 nitrogen and oxygen atoms in total. The fraction of sp³-hybridized carbons (Fsp3) is 0.0714. The van der Waals surface area contributed by atoms with Gasteiger partial charge in [0.1, 0.15) is 11.5 Å². The van der Waals surface area contributed by atoms with Gasteiger partial charge in [0.2, 0.25) is 0 Å². The Labute approximate surface area is 126 Å². The van der Waals surface area contributed by atoms with Crippen LogP contribution in [0.15, 0.2) is 41.6 Å². The quantitative estimate of drug-likeness (QED) is 0.386. The molecule has 0 spiro atoms. The van der Waals surface area contributed by atoms with Crippen molar-refractivity contribution in [2.24, 2.45) is 10.9 Å². The van der Waals surface area contributed by atoms with Crippen LogP contribution in [0.3, 0.4) is 0 Å². The molecule has 0 radical (unpaired) electrons. The zero-order chi connectivity index (χ0) is 14.7. The van der Waals surface area contributed by atoms with Crippen LogP contribution in [0, 0.1) is 6.92 Å². The Bertz CT molecular complexity index is 672. The molecule has 0 amide bonds. The first-order valence-electron chi connectivity index (χ1n) is 5.72. The van der Waals surface area contributed by atoms with Gasteiger partial charge in [-0.15, -0.1) is 0 Å². The van der Waals surface area contributed by atoms with E-state index in [1.54, 1.807) is 30.3 Å². The molecule has 0 aromatic heterocycles. The molecule has 0 heterocycles. The van der Waals surface area contributed by atoms with E-state index in [2.05, 4.69) is 5.16 Å². The highest BCUT2D eigenvalue weighted by Gasteiger charge is 2.12. The Morgan fingerprint density at radius 2 is 1.90 bits per heavy atom. The Morgan fingerprint density at radius 1 is 1.15 bits per heavy atom. The normalized spacial score (nSPS) is 11.4. The summed E-state index contributed by atoms with van der Waals surface area (Å²) in [7, 11) is 0. The number of benzene rings is 2. The van der Waals surface area contributed by atoms with Crippen LogP contribution >= 0.6 is 23.2 Å². The van der Waals surface area contributed by atoms with Crippen LogP contribution in [0.4, 0.5) is 0 Å². The second-order valence-corrected chi connectivity index (χ2v) is 5.01. The lowest BCUT2D eigenvalue weighted by Crippen LogP contribution is -2.14. The Kier molecular flexibility index (Phi) is 4.37. The van der Waals surface area contributed by atoms with Gasteiger partial charge in [-0.3, -0.25) is 0 Å². The summed E-state index contributed by atoms with van der Waals surface area (Å²) in [5, 5.41) is 12.7. The van der Waals surface area contributed by atoms with Crippen molar-refractivity contribution in [2.45, 2.75) is 6.92 Å². The molecule has 0 bridgehead atoms. The molecule has 0 aliphatic rings. The maximum Gasteiger partial charge on any atom is 0.173 e. The maximum atomic E-state index is 8.83. The van der Waals surface area contributed by atoms with Crippen molar-refractivity contribution in [2.75, 3.05) is 0 Å². The molecule has 0 fully saturated rings. The lowest BCUT2D eigenvalue weighted by Gasteiger charge is -2.12. The molecule has 2 aromatic rings. The molecule has 3 N–H and O–H groups in total. The predicted molar refractivity (Wildman–Crippen MR) is 80.2 cm³/mol. The van der Waals surface area contributed by atoms with Gasteiger partial charge >= 0.3 is 0 Å². The molecular weight excluding hydrogens is 299 g/mol. The lowest BCUT2D eigenvalue weighted by molar-refractivity contribution is 0.318. The summed E-state index contributed by atoms with van der Waals surface area (Å²) in [5.41, 5.74) is 7.08. The van der Waals surface area contributed by atoms with Gasteiger partial charge in [-0.2, -0.15) is 0 Å². The number of hydrogen-bond acceptors (Lipinski definition) is 3. The SMILES string of the molecule is Cc1ccc(Oc2cc(Cl)ccc2Cl)c(/C(N)=N/O)c1. The van der Waals surface area contributed by atoms with Crippen molar-refractivity contribution in [1.82, 2.24) is 0 Å². The number of oxime groups is 1. The number of nitrogens with zero attached hydrogens (tertiary/aromatic N) is 1. The largest absolute Gasteiger partial charge is 0.455 e. The van der Waals surface area contributed by atoms with Gasteiger partial charge in [0.15, 0.2) is 5.84 Å². The number of aryl methyl sites for hydroxylation is 1. The Morgan fingerprint density at radius 3 is 2.60 bits per heavy atom. The summed E-state index contributed by atoms with van der Waals surface area (Å²) in [6.07, 6.45) is 0. The molecule has 0 unspecified atom stereocenters. The molecule has 0 aliphatic carbocycles. The van der Waals surface area contributed by atoms with Crippen molar-refractivity contribution in [3.63, 3.8) is 0 Å². The minimum Gasteiger partial charge on any atom is -0.455 e. The first-order valence-corrected chi connectivity index (χ1v) is 6.48. The number of amidine groups is 1. The summed E-state index contributed by atoms with van der Waals surface area (Å²) in [5.74, 6) is 0.784. The maximum absolute atomic E-state index is 8.83. The van der Waals surface area contributed by atoms with E-state index in [0.717, 1.165) is 5.56 Å². The van der Waals surface area contributed by atoms with E-state index in [-0.39, 0.29) is 5.84 Å². The van der Waals surface area contributed by atoms with Crippen LogP contribution < -0.4 is 10.5 Å². The highest BCUT2D eigenvalue weighted by Crippen LogP contribution is 2.33. The average Bonchev–Trinajstić information content (AvgIpc) is 2.43. The van der Waals surface area contributed by atoms with Gasteiger partial charge in [0.25, 0.3) is 0 Å². The number of ether oxygens (including phenoxy) is 1. The summed E-state index contributed by atoms with van der Waals surface area (Å²) in [4.78, 5) is 0. The Balaban J connectivity index is 2.46. The van der Waals surface area contributed by atoms with E-state index in [9.17, 15) is 0 Å². The third kappa shape index (κ3) is 3.15. The van der Waals surface area contributed by atoms with Crippen LogP contribution in [0.5, 0.6) is 11.5 Å². The fourth-order valence-corrected chi connectivity index (χ4v) is 1.98. The van der Waals surface area contributed by atoms with E-state index in [1.165, 1.54) is 0 Å². The van der Waals surface area contributed by atoms with E-state index in [1.807, 2.05) is 13.0 Å². The lowest BCUT2D eigenvalue weighted by atomic mass is 10.1. The van der Waals surface area contributed by atoms with E-state index in [4.69, 9.17) is 38.9 Å². The molecule has 6 heteroatoms. The summed E-state index contributed by atoms with van der Waals surface area (Å²) in [6.45, 7) is 1.89. The molecular formula is C14H12Cl2N2O2. The van der Waals surface area contributed by atoms with Crippen LogP contribution in [-0.4, -0.2) is 11.0 Å². The molecule has 0 saturated carbocycles. The van der Waals surface area contributed by atoms with Crippen molar-refractivity contribution in [3.8, 4) is 11.5 Å². The van der Waals surface area contributed by atoms with Gasteiger partial charge in [-0.1, -0.05) is 40.0 Å². The third-order valence-electron chi connectivity index (χ3n) is 2.63. The first kappa shape index (κ1) is 14.5.